The maximum atomic E-state index is 10.7. The third-order valence-electron chi connectivity index (χ3n) is 2.48. The van der Waals surface area contributed by atoms with Crippen LogP contribution in [-0.2, 0) is 0 Å². The van der Waals surface area contributed by atoms with Crippen LogP contribution < -0.4 is 10.6 Å². The summed E-state index contributed by atoms with van der Waals surface area (Å²) in [5.74, 6) is 0.698. The van der Waals surface area contributed by atoms with E-state index in [1.54, 1.807) is 6.07 Å². The largest absolute Gasteiger partial charge is 0.354 e. The molecule has 0 unspecified atom stereocenters. The average molecular weight is 263 g/mol. The first-order valence-corrected chi connectivity index (χ1v) is 6.14. The summed E-state index contributed by atoms with van der Waals surface area (Å²) >= 11 is 1.37. The zero-order chi connectivity index (χ0) is 12.5. The molecule has 0 fully saturated rings. The Morgan fingerprint density at radius 1 is 1.50 bits per heavy atom. The summed E-state index contributed by atoms with van der Waals surface area (Å²) in [6.07, 6.45) is 0. The van der Waals surface area contributed by atoms with Crippen molar-refractivity contribution in [3.8, 4) is 0 Å². The van der Waals surface area contributed by atoms with Crippen LogP contribution in [0.1, 0.15) is 0 Å². The number of nitro benzene ring substituents is 1. The van der Waals surface area contributed by atoms with Crippen molar-refractivity contribution >= 4 is 38.3 Å². The predicted molar refractivity (Wildman–Crippen MR) is 70.2 cm³/mol. The van der Waals surface area contributed by atoms with Crippen molar-refractivity contribution in [2.75, 3.05) is 18.4 Å². The van der Waals surface area contributed by atoms with E-state index in [2.05, 4.69) is 20.6 Å². The molecular weight excluding hydrogens is 254 g/mol. The lowest BCUT2D eigenvalue weighted by molar-refractivity contribution is -0.384. The highest BCUT2D eigenvalue weighted by Gasteiger charge is 2.12. The standard InChI is InChI=1S/C10H9N5O2S/c16-15(17)6-1-2-7-8(5-6)18-10(13-7)14-9-11-3-4-12-9/h1-2,5H,3-4H2,(H2,11,12,13,14). The lowest BCUT2D eigenvalue weighted by Crippen LogP contribution is -2.25. The molecular formula is C10H9N5O2S. The highest BCUT2D eigenvalue weighted by atomic mass is 32.1. The molecule has 0 spiro atoms. The van der Waals surface area contributed by atoms with Crippen LogP contribution in [0.3, 0.4) is 0 Å². The normalized spacial score (nSPS) is 14.3. The first-order chi connectivity index (χ1) is 8.72. The number of aromatic nitrogens is 1. The van der Waals surface area contributed by atoms with Gasteiger partial charge in [-0.25, -0.2) is 4.98 Å². The van der Waals surface area contributed by atoms with Gasteiger partial charge in [0.25, 0.3) is 5.69 Å². The van der Waals surface area contributed by atoms with Gasteiger partial charge in [-0.2, -0.15) is 0 Å². The SMILES string of the molecule is O=[N+]([O-])c1ccc2nc(NC3=NCCN3)sc2c1. The van der Waals surface area contributed by atoms with Gasteiger partial charge in [0.15, 0.2) is 11.1 Å². The third kappa shape index (κ3) is 1.97. The molecule has 1 aromatic heterocycles. The van der Waals surface area contributed by atoms with E-state index in [1.165, 1.54) is 23.5 Å². The number of anilines is 1. The molecule has 18 heavy (non-hydrogen) atoms. The Hall–Kier alpha value is -2.22. The van der Waals surface area contributed by atoms with Gasteiger partial charge in [0.2, 0.25) is 0 Å². The van der Waals surface area contributed by atoms with E-state index in [0.717, 1.165) is 23.3 Å². The minimum atomic E-state index is -0.408. The van der Waals surface area contributed by atoms with E-state index in [9.17, 15) is 10.1 Å². The highest BCUT2D eigenvalue weighted by molar-refractivity contribution is 7.22. The second-order valence-corrected chi connectivity index (χ2v) is 4.74. The van der Waals surface area contributed by atoms with Crippen LogP contribution in [0.25, 0.3) is 10.2 Å². The zero-order valence-electron chi connectivity index (χ0n) is 9.21. The van der Waals surface area contributed by atoms with E-state index < -0.39 is 4.92 Å². The molecule has 0 saturated carbocycles. The Kier molecular flexibility index (Phi) is 2.56. The number of hydrogen-bond acceptors (Lipinski definition) is 7. The van der Waals surface area contributed by atoms with Gasteiger partial charge in [-0.1, -0.05) is 11.3 Å². The molecule has 1 aliphatic heterocycles. The third-order valence-corrected chi connectivity index (χ3v) is 3.42. The second-order valence-electron chi connectivity index (χ2n) is 3.71. The molecule has 2 N–H and O–H groups in total. The van der Waals surface area contributed by atoms with Gasteiger partial charge in [-0.05, 0) is 6.07 Å². The molecule has 1 aliphatic rings. The number of fused-ring (bicyclic) bond motifs is 1. The van der Waals surface area contributed by atoms with Gasteiger partial charge in [0.05, 0.1) is 21.7 Å². The lowest BCUT2D eigenvalue weighted by Gasteiger charge is -2.00. The second kappa shape index (κ2) is 4.22. The van der Waals surface area contributed by atoms with Gasteiger partial charge in [0.1, 0.15) is 0 Å². The Bertz CT molecular complexity index is 651. The molecule has 0 atom stereocenters. The summed E-state index contributed by atoms with van der Waals surface area (Å²) in [5.41, 5.74) is 0.820. The van der Waals surface area contributed by atoms with E-state index in [1.807, 2.05) is 0 Å². The van der Waals surface area contributed by atoms with Crippen molar-refractivity contribution in [3.05, 3.63) is 28.3 Å². The lowest BCUT2D eigenvalue weighted by atomic mass is 10.3. The number of guanidine groups is 1. The molecule has 0 saturated heterocycles. The molecule has 0 radical (unpaired) electrons. The van der Waals surface area contributed by atoms with Crippen LogP contribution in [0.5, 0.6) is 0 Å². The van der Waals surface area contributed by atoms with Gasteiger partial charge >= 0.3 is 0 Å². The van der Waals surface area contributed by atoms with E-state index in [0.29, 0.717) is 11.1 Å². The smallest absolute Gasteiger partial charge is 0.270 e. The van der Waals surface area contributed by atoms with Crippen LogP contribution in [-0.4, -0.2) is 29.0 Å². The molecule has 3 rings (SSSR count). The fraction of sp³-hybridized carbons (Fsp3) is 0.200. The molecule has 92 valence electrons. The summed E-state index contributed by atoms with van der Waals surface area (Å²) in [6.45, 7) is 1.57. The number of nitrogens with one attached hydrogen (secondary N) is 2. The number of thiazole rings is 1. The first-order valence-electron chi connectivity index (χ1n) is 5.33. The van der Waals surface area contributed by atoms with Crippen molar-refractivity contribution in [2.45, 2.75) is 0 Å². The summed E-state index contributed by atoms with van der Waals surface area (Å²) in [5, 5.41) is 17.5. The van der Waals surface area contributed by atoms with Crippen molar-refractivity contribution in [2.24, 2.45) is 4.99 Å². The number of aliphatic imine (C=N–C) groups is 1. The number of benzene rings is 1. The molecule has 2 heterocycles. The number of hydrogen-bond donors (Lipinski definition) is 2. The fourth-order valence-electron chi connectivity index (χ4n) is 1.66. The Balaban J connectivity index is 1.92. The van der Waals surface area contributed by atoms with E-state index in [-0.39, 0.29) is 5.69 Å². The Labute approximate surface area is 106 Å². The number of nitrogens with zero attached hydrogens (tertiary/aromatic N) is 3. The van der Waals surface area contributed by atoms with Crippen molar-refractivity contribution in [1.82, 2.24) is 10.3 Å². The average Bonchev–Trinajstić information content (AvgIpc) is 2.96. The van der Waals surface area contributed by atoms with E-state index in [4.69, 9.17) is 0 Å². The minimum Gasteiger partial charge on any atom is -0.354 e. The van der Waals surface area contributed by atoms with Crippen molar-refractivity contribution in [3.63, 3.8) is 0 Å². The summed E-state index contributed by atoms with van der Waals surface area (Å²) < 4.78 is 0.783. The molecule has 8 heteroatoms. The Morgan fingerprint density at radius 2 is 2.39 bits per heavy atom. The van der Waals surface area contributed by atoms with Crippen molar-refractivity contribution < 1.29 is 4.92 Å². The number of nitro groups is 1. The summed E-state index contributed by atoms with van der Waals surface area (Å²) in [4.78, 5) is 18.8. The maximum absolute atomic E-state index is 10.7. The van der Waals surface area contributed by atoms with Crippen LogP contribution in [0.4, 0.5) is 10.8 Å². The minimum absolute atomic E-state index is 0.0778. The summed E-state index contributed by atoms with van der Waals surface area (Å²) in [6, 6.07) is 4.64. The zero-order valence-corrected chi connectivity index (χ0v) is 10.0. The van der Waals surface area contributed by atoms with Crippen LogP contribution >= 0.6 is 11.3 Å². The molecule has 7 nitrogen and oxygen atoms in total. The van der Waals surface area contributed by atoms with Gasteiger partial charge in [-0.3, -0.25) is 15.1 Å². The molecule has 0 aliphatic carbocycles. The number of non-ortho nitro benzene ring substituents is 1. The Morgan fingerprint density at radius 3 is 3.11 bits per heavy atom. The topological polar surface area (TPSA) is 92.5 Å². The van der Waals surface area contributed by atoms with Gasteiger partial charge in [-0.15, -0.1) is 0 Å². The first kappa shape index (κ1) is 10.9. The quantitative estimate of drug-likeness (QED) is 0.633. The van der Waals surface area contributed by atoms with E-state index >= 15 is 0 Å². The predicted octanol–water partition coefficient (Wildman–Crippen LogP) is 1.58. The van der Waals surface area contributed by atoms with Crippen LogP contribution in [0, 0.1) is 10.1 Å². The maximum Gasteiger partial charge on any atom is 0.270 e. The van der Waals surface area contributed by atoms with Gasteiger partial charge < -0.3 is 10.6 Å². The molecule has 0 bridgehead atoms. The summed E-state index contributed by atoms with van der Waals surface area (Å²) in [7, 11) is 0. The fourth-order valence-corrected chi connectivity index (χ4v) is 2.56. The van der Waals surface area contributed by atoms with Crippen molar-refractivity contribution in [1.29, 1.82) is 0 Å². The molecule has 2 aromatic rings. The van der Waals surface area contributed by atoms with Crippen LogP contribution in [0.2, 0.25) is 0 Å². The number of rotatable bonds is 2. The van der Waals surface area contributed by atoms with Crippen LogP contribution in [0.15, 0.2) is 23.2 Å². The monoisotopic (exact) mass is 263 g/mol. The molecule has 1 aromatic carbocycles. The molecule has 0 amide bonds. The highest BCUT2D eigenvalue weighted by Crippen LogP contribution is 2.29. The van der Waals surface area contributed by atoms with Gasteiger partial charge in [0, 0.05) is 18.7 Å².